The number of rotatable bonds is 4. The quantitative estimate of drug-likeness (QED) is 0.689. The number of aromatic nitrogens is 2. The van der Waals surface area contributed by atoms with E-state index in [1.165, 1.54) is 6.07 Å². The van der Waals surface area contributed by atoms with Crippen LogP contribution in [0.2, 0.25) is 5.02 Å². The highest BCUT2D eigenvalue weighted by Crippen LogP contribution is 2.34. The highest BCUT2D eigenvalue weighted by atomic mass is 35.5. The molecule has 0 spiro atoms. The first kappa shape index (κ1) is 13.4. The zero-order chi connectivity index (χ0) is 14.0. The van der Waals surface area contributed by atoms with Gasteiger partial charge in [0, 0.05) is 13.2 Å². The number of nitrogens with one attached hydrogen (secondary N) is 1. The van der Waals surface area contributed by atoms with Crippen molar-refractivity contribution in [1.82, 2.24) is 9.78 Å². The van der Waals surface area contributed by atoms with Crippen LogP contribution >= 0.6 is 11.6 Å². The first-order valence-corrected chi connectivity index (χ1v) is 6.13. The first-order valence-electron chi connectivity index (χ1n) is 5.75. The van der Waals surface area contributed by atoms with Crippen LogP contribution in [0.25, 0.3) is 0 Å². The van der Waals surface area contributed by atoms with Gasteiger partial charge in [-0.2, -0.15) is 5.10 Å². The summed E-state index contributed by atoms with van der Waals surface area (Å²) in [6, 6.07) is 4.78. The molecule has 2 aromatic rings. The summed E-state index contributed by atoms with van der Waals surface area (Å²) >= 11 is 5.87. The molecule has 0 fully saturated rings. The molecule has 100 valence electrons. The van der Waals surface area contributed by atoms with Gasteiger partial charge in [0.05, 0.1) is 16.3 Å². The number of aryl methyl sites for hydroxylation is 2. The lowest BCUT2D eigenvalue weighted by Crippen LogP contribution is -1.98. The number of nitro groups is 1. The van der Waals surface area contributed by atoms with E-state index in [4.69, 9.17) is 11.6 Å². The number of nitro benzene ring substituents is 1. The Bertz CT molecular complexity index is 624. The summed E-state index contributed by atoms with van der Waals surface area (Å²) in [5.74, 6) is 0. The average Bonchev–Trinajstić information content (AvgIpc) is 2.69. The number of hydrogen-bond acceptors (Lipinski definition) is 4. The van der Waals surface area contributed by atoms with Crippen molar-refractivity contribution in [2.45, 2.75) is 13.3 Å². The van der Waals surface area contributed by atoms with E-state index >= 15 is 0 Å². The van der Waals surface area contributed by atoms with Crippen LogP contribution in [0, 0.1) is 10.1 Å². The zero-order valence-electron chi connectivity index (χ0n) is 10.6. The molecule has 0 aliphatic heterocycles. The molecule has 0 aliphatic rings. The maximum absolute atomic E-state index is 11.1. The van der Waals surface area contributed by atoms with Crippen LogP contribution in [-0.4, -0.2) is 14.7 Å². The molecule has 1 aromatic heterocycles. The number of benzene rings is 1. The van der Waals surface area contributed by atoms with Crippen LogP contribution < -0.4 is 5.32 Å². The minimum absolute atomic E-state index is 0.108. The lowest BCUT2D eigenvalue weighted by Gasteiger charge is -2.07. The van der Waals surface area contributed by atoms with Crippen LogP contribution in [0.3, 0.4) is 0 Å². The Balaban J connectivity index is 2.43. The monoisotopic (exact) mass is 280 g/mol. The maximum atomic E-state index is 11.1. The van der Waals surface area contributed by atoms with Crippen molar-refractivity contribution in [2.75, 3.05) is 5.32 Å². The van der Waals surface area contributed by atoms with Gasteiger partial charge in [0.15, 0.2) is 0 Å². The van der Waals surface area contributed by atoms with Gasteiger partial charge < -0.3 is 5.32 Å². The summed E-state index contributed by atoms with van der Waals surface area (Å²) in [5, 5.41) is 18.5. The molecule has 0 unspecified atom stereocenters. The fourth-order valence-electron chi connectivity index (χ4n) is 1.85. The third-order valence-corrected chi connectivity index (χ3v) is 2.98. The summed E-state index contributed by atoms with van der Waals surface area (Å²) in [6.45, 7) is 1.97. The van der Waals surface area contributed by atoms with Gasteiger partial charge in [0.1, 0.15) is 10.7 Å². The van der Waals surface area contributed by atoms with Crippen LogP contribution in [-0.2, 0) is 13.5 Å². The summed E-state index contributed by atoms with van der Waals surface area (Å²) < 4.78 is 1.66. The molecular weight excluding hydrogens is 268 g/mol. The topological polar surface area (TPSA) is 73.0 Å². The molecule has 19 heavy (non-hydrogen) atoms. The van der Waals surface area contributed by atoms with Crippen molar-refractivity contribution in [1.29, 1.82) is 0 Å². The average molecular weight is 281 g/mol. The van der Waals surface area contributed by atoms with Crippen LogP contribution in [0.1, 0.15) is 12.6 Å². The molecule has 2 rings (SSSR count). The fourth-order valence-corrected chi connectivity index (χ4v) is 2.09. The van der Waals surface area contributed by atoms with E-state index < -0.39 is 4.92 Å². The number of para-hydroxylation sites is 1. The van der Waals surface area contributed by atoms with E-state index in [-0.39, 0.29) is 10.7 Å². The van der Waals surface area contributed by atoms with Gasteiger partial charge in [-0.25, -0.2) is 0 Å². The molecule has 6 nitrogen and oxygen atoms in total. The minimum Gasteiger partial charge on any atom is -0.347 e. The second-order valence-corrected chi connectivity index (χ2v) is 4.44. The lowest BCUT2D eigenvalue weighted by atomic mass is 10.2. The largest absolute Gasteiger partial charge is 0.347 e. The van der Waals surface area contributed by atoms with E-state index in [1.54, 1.807) is 30.1 Å². The minimum atomic E-state index is -0.493. The predicted octanol–water partition coefficient (Wildman–Crippen LogP) is 3.29. The van der Waals surface area contributed by atoms with Crippen molar-refractivity contribution < 1.29 is 4.92 Å². The molecule has 0 saturated heterocycles. The van der Waals surface area contributed by atoms with Crippen molar-refractivity contribution in [3.63, 3.8) is 0 Å². The van der Waals surface area contributed by atoms with Crippen molar-refractivity contribution in [3.05, 3.63) is 45.2 Å². The van der Waals surface area contributed by atoms with E-state index in [2.05, 4.69) is 10.4 Å². The Morgan fingerprint density at radius 3 is 2.84 bits per heavy atom. The maximum Gasteiger partial charge on any atom is 0.311 e. The molecule has 0 bridgehead atoms. The third-order valence-electron chi connectivity index (χ3n) is 2.68. The number of halogens is 1. The molecule has 0 aliphatic carbocycles. The first-order chi connectivity index (χ1) is 9.02. The van der Waals surface area contributed by atoms with Gasteiger partial charge >= 0.3 is 5.69 Å². The second kappa shape index (κ2) is 5.27. The Kier molecular flexibility index (Phi) is 3.71. The highest BCUT2D eigenvalue weighted by Gasteiger charge is 2.19. The van der Waals surface area contributed by atoms with Crippen molar-refractivity contribution in [3.8, 4) is 0 Å². The van der Waals surface area contributed by atoms with Gasteiger partial charge in [0.25, 0.3) is 0 Å². The van der Waals surface area contributed by atoms with Gasteiger partial charge in [-0.15, -0.1) is 0 Å². The second-order valence-electron chi connectivity index (χ2n) is 4.03. The Labute approximate surface area is 115 Å². The molecular formula is C12H13ClN4O2. The van der Waals surface area contributed by atoms with E-state index in [9.17, 15) is 10.1 Å². The SMILES string of the molecule is CCc1nn(C)cc1Nc1cccc(Cl)c1[N+](=O)[O-]. The smallest absolute Gasteiger partial charge is 0.311 e. The Morgan fingerprint density at radius 2 is 2.21 bits per heavy atom. The third kappa shape index (κ3) is 2.68. The number of nitrogens with zero attached hydrogens (tertiary/aromatic N) is 3. The molecule has 0 amide bonds. The Morgan fingerprint density at radius 1 is 1.47 bits per heavy atom. The summed E-state index contributed by atoms with van der Waals surface area (Å²) in [6.07, 6.45) is 2.51. The molecule has 0 saturated carbocycles. The van der Waals surface area contributed by atoms with E-state index in [0.717, 1.165) is 17.8 Å². The Hall–Kier alpha value is -2.08. The van der Waals surface area contributed by atoms with Crippen molar-refractivity contribution >= 4 is 28.7 Å². The van der Waals surface area contributed by atoms with Crippen LogP contribution in [0.15, 0.2) is 24.4 Å². The van der Waals surface area contributed by atoms with Crippen molar-refractivity contribution in [2.24, 2.45) is 7.05 Å². The fraction of sp³-hybridized carbons (Fsp3) is 0.250. The van der Waals surface area contributed by atoms with Crippen LogP contribution in [0.5, 0.6) is 0 Å². The predicted molar refractivity (Wildman–Crippen MR) is 74.0 cm³/mol. The van der Waals surface area contributed by atoms with Gasteiger partial charge in [0.2, 0.25) is 0 Å². The lowest BCUT2D eigenvalue weighted by molar-refractivity contribution is -0.383. The summed E-state index contributed by atoms with van der Waals surface area (Å²) in [5.41, 5.74) is 1.82. The molecule has 0 atom stereocenters. The normalized spacial score (nSPS) is 10.5. The molecule has 1 heterocycles. The molecule has 1 aromatic carbocycles. The van der Waals surface area contributed by atoms with E-state index in [0.29, 0.717) is 5.69 Å². The molecule has 7 heteroatoms. The van der Waals surface area contributed by atoms with Crippen LogP contribution in [0.4, 0.5) is 17.1 Å². The highest BCUT2D eigenvalue weighted by molar-refractivity contribution is 6.33. The standard InChI is InChI=1S/C12H13ClN4O2/c1-3-9-11(7-16(2)15-9)14-10-6-4-5-8(13)12(10)17(18)19/h4-7,14H,3H2,1-2H3. The van der Waals surface area contributed by atoms with Gasteiger partial charge in [-0.3, -0.25) is 14.8 Å². The van der Waals surface area contributed by atoms with Gasteiger partial charge in [-0.05, 0) is 18.6 Å². The summed E-state index contributed by atoms with van der Waals surface area (Å²) in [7, 11) is 1.80. The summed E-state index contributed by atoms with van der Waals surface area (Å²) in [4.78, 5) is 10.6. The number of hydrogen-bond donors (Lipinski definition) is 1. The van der Waals surface area contributed by atoms with E-state index in [1.807, 2.05) is 6.92 Å². The zero-order valence-corrected chi connectivity index (χ0v) is 11.3. The van der Waals surface area contributed by atoms with Gasteiger partial charge in [-0.1, -0.05) is 24.6 Å². The molecule has 1 N–H and O–H groups in total. The molecule has 0 radical (unpaired) electrons. The number of anilines is 2.